The fourth-order valence-corrected chi connectivity index (χ4v) is 2.20. The van der Waals surface area contributed by atoms with Gasteiger partial charge in [0.1, 0.15) is 5.76 Å². The van der Waals surface area contributed by atoms with Crippen molar-refractivity contribution >= 4 is 22.6 Å². The van der Waals surface area contributed by atoms with Gasteiger partial charge in [-0.05, 0) is 31.5 Å². The van der Waals surface area contributed by atoms with Crippen molar-refractivity contribution in [1.29, 1.82) is 0 Å². The molecule has 5 heteroatoms. The van der Waals surface area contributed by atoms with Crippen LogP contribution in [0.2, 0.25) is 0 Å². The average molecular weight is 281 g/mol. The monoisotopic (exact) mass is 281 g/mol. The van der Waals surface area contributed by atoms with Gasteiger partial charge >= 0.3 is 0 Å². The molecular formula is C16H15N3O2. The molecule has 0 saturated carbocycles. The zero-order chi connectivity index (χ0) is 14.8. The average Bonchev–Trinajstić information content (AvgIpc) is 2.85. The number of benzene rings is 1. The number of aromatic nitrogens is 2. The second-order valence-corrected chi connectivity index (χ2v) is 4.99. The minimum atomic E-state index is -0.158. The van der Waals surface area contributed by atoms with Crippen LogP contribution >= 0.6 is 0 Å². The number of para-hydroxylation sites is 1. The molecular weight excluding hydrogens is 266 g/mol. The number of hydrogen-bond acceptors (Lipinski definition) is 4. The van der Waals surface area contributed by atoms with E-state index in [1.807, 2.05) is 37.3 Å². The zero-order valence-electron chi connectivity index (χ0n) is 11.9. The molecule has 0 spiro atoms. The SMILES string of the molecule is Cc1cc(NC(=O)Cc2nc3ccccc3cc2C)no1. The number of amides is 1. The molecule has 0 bridgehead atoms. The smallest absolute Gasteiger partial charge is 0.231 e. The number of rotatable bonds is 3. The van der Waals surface area contributed by atoms with Crippen molar-refractivity contribution in [2.45, 2.75) is 20.3 Å². The van der Waals surface area contributed by atoms with Gasteiger partial charge in [0.05, 0.1) is 17.6 Å². The van der Waals surface area contributed by atoms with Crippen molar-refractivity contribution < 1.29 is 9.32 Å². The lowest BCUT2D eigenvalue weighted by atomic mass is 10.1. The molecule has 2 aromatic heterocycles. The Morgan fingerprint density at radius 1 is 1.24 bits per heavy atom. The van der Waals surface area contributed by atoms with Crippen molar-refractivity contribution in [3.05, 3.63) is 53.4 Å². The lowest BCUT2D eigenvalue weighted by Crippen LogP contribution is -2.16. The lowest BCUT2D eigenvalue weighted by molar-refractivity contribution is -0.115. The number of hydrogen-bond donors (Lipinski definition) is 1. The van der Waals surface area contributed by atoms with Crippen LogP contribution in [0.4, 0.5) is 5.82 Å². The third kappa shape index (κ3) is 2.91. The molecule has 0 aliphatic heterocycles. The van der Waals surface area contributed by atoms with Crippen LogP contribution in [-0.4, -0.2) is 16.0 Å². The van der Waals surface area contributed by atoms with Crippen LogP contribution in [0.15, 0.2) is 40.9 Å². The van der Waals surface area contributed by atoms with Crippen LogP contribution < -0.4 is 5.32 Å². The molecule has 21 heavy (non-hydrogen) atoms. The van der Waals surface area contributed by atoms with Crippen LogP contribution in [0.5, 0.6) is 0 Å². The van der Waals surface area contributed by atoms with Crippen LogP contribution in [0.3, 0.4) is 0 Å². The van der Waals surface area contributed by atoms with Crippen LogP contribution in [-0.2, 0) is 11.2 Å². The van der Waals surface area contributed by atoms with Gasteiger partial charge < -0.3 is 9.84 Å². The van der Waals surface area contributed by atoms with Gasteiger partial charge in [-0.1, -0.05) is 23.4 Å². The zero-order valence-corrected chi connectivity index (χ0v) is 11.9. The number of carbonyl (C=O) groups excluding carboxylic acids is 1. The topological polar surface area (TPSA) is 68.0 Å². The second kappa shape index (κ2) is 5.36. The molecule has 0 unspecified atom stereocenters. The van der Waals surface area contributed by atoms with E-state index in [0.29, 0.717) is 11.6 Å². The Hall–Kier alpha value is -2.69. The summed E-state index contributed by atoms with van der Waals surface area (Å²) < 4.78 is 4.92. The molecule has 3 aromatic rings. The number of aryl methyl sites for hydroxylation is 2. The Bertz CT molecular complexity index is 808. The maximum atomic E-state index is 12.0. The summed E-state index contributed by atoms with van der Waals surface area (Å²) in [6.07, 6.45) is 0.211. The van der Waals surface area contributed by atoms with E-state index in [-0.39, 0.29) is 12.3 Å². The molecule has 3 rings (SSSR count). The quantitative estimate of drug-likeness (QED) is 0.801. The lowest BCUT2D eigenvalue weighted by Gasteiger charge is -2.07. The van der Waals surface area contributed by atoms with Gasteiger partial charge in [0, 0.05) is 11.5 Å². The van der Waals surface area contributed by atoms with Gasteiger partial charge in [0.15, 0.2) is 5.82 Å². The molecule has 0 radical (unpaired) electrons. The van der Waals surface area contributed by atoms with E-state index in [0.717, 1.165) is 22.2 Å². The minimum absolute atomic E-state index is 0.158. The highest BCUT2D eigenvalue weighted by Gasteiger charge is 2.11. The minimum Gasteiger partial charge on any atom is -0.360 e. The van der Waals surface area contributed by atoms with Gasteiger partial charge in [-0.25, -0.2) is 0 Å². The van der Waals surface area contributed by atoms with E-state index in [1.54, 1.807) is 13.0 Å². The molecule has 0 aliphatic carbocycles. The third-order valence-electron chi connectivity index (χ3n) is 3.24. The number of pyridine rings is 1. The normalized spacial score (nSPS) is 10.8. The second-order valence-electron chi connectivity index (χ2n) is 4.99. The van der Waals surface area contributed by atoms with Crippen molar-refractivity contribution in [3.8, 4) is 0 Å². The van der Waals surface area contributed by atoms with Gasteiger partial charge in [0.2, 0.25) is 5.91 Å². The summed E-state index contributed by atoms with van der Waals surface area (Å²) in [6, 6.07) is 11.6. The predicted molar refractivity (Wildman–Crippen MR) is 80.1 cm³/mol. The Kier molecular flexibility index (Phi) is 3.39. The molecule has 1 N–H and O–H groups in total. The highest BCUT2D eigenvalue weighted by atomic mass is 16.5. The summed E-state index contributed by atoms with van der Waals surface area (Å²) in [5.41, 5.74) is 2.66. The van der Waals surface area contributed by atoms with E-state index < -0.39 is 0 Å². The Morgan fingerprint density at radius 2 is 2.05 bits per heavy atom. The maximum Gasteiger partial charge on any atom is 0.231 e. The van der Waals surface area contributed by atoms with Crippen LogP contribution in [0.1, 0.15) is 17.0 Å². The van der Waals surface area contributed by atoms with E-state index >= 15 is 0 Å². The Labute approximate surface area is 122 Å². The standard InChI is InChI=1S/C16H15N3O2/c1-10-7-12-5-3-4-6-13(12)17-14(10)9-16(20)18-15-8-11(2)21-19-15/h3-8H,9H2,1-2H3,(H,18,19,20). The van der Waals surface area contributed by atoms with Crippen molar-refractivity contribution in [3.63, 3.8) is 0 Å². The summed E-state index contributed by atoms with van der Waals surface area (Å²) in [7, 11) is 0. The molecule has 0 fully saturated rings. The third-order valence-corrected chi connectivity index (χ3v) is 3.24. The fourth-order valence-electron chi connectivity index (χ4n) is 2.20. The molecule has 5 nitrogen and oxygen atoms in total. The summed E-state index contributed by atoms with van der Waals surface area (Å²) in [4.78, 5) is 16.6. The van der Waals surface area contributed by atoms with E-state index in [9.17, 15) is 4.79 Å². The largest absolute Gasteiger partial charge is 0.360 e. The van der Waals surface area contributed by atoms with Crippen molar-refractivity contribution in [1.82, 2.24) is 10.1 Å². The summed E-state index contributed by atoms with van der Waals surface area (Å²) in [5.74, 6) is 0.926. The number of anilines is 1. The van der Waals surface area contributed by atoms with E-state index in [2.05, 4.69) is 15.5 Å². The fraction of sp³-hybridized carbons (Fsp3) is 0.188. The first-order chi connectivity index (χ1) is 10.1. The van der Waals surface area contributed by atoms with Gasteiger partial charge in [-0.2, -0.15) is 0 Å². The Morgan fingerprint density at radius 3 is 2.81 bits per heavy atom. The van der Waals surface area contributed by atoms with Crippen molar-refractivity contribution in [2.24, 2.45) is 0 Å². The first kappa shape index (κ1) is 13.3. The molecule has 106 valence electrons. The van der Waals surface area contributed by atoms with Crippen LogP contribution in [0.25, 0.3) is 10.9 Å². The first-order valence-corrected chi connectivity index (χ1v) is 6.70. The highest BCUT2D eigenvalue weighted by molar-refractivity contribution is 5.91. The molecule has 0 saturated heterocycles. The maximum absolute atomic E-state index is 12.0. The first-order valence-electron chi connectivity index (χ1n) is 6.70. The molecule has 2 heterocycles. The number of nitrogens with one attached hydrogen (secondary N) is 1. The molecule has 0 atom stereocenters. The number of nitrogens with zero attached hydrogens (tertiary/aromatic N) is 2. The van der Waals surface area contributed by atoms with Crippen LogP contribution in [0, 0.1) is 13.8 Å². The summed E-state index contributed by atoms with van der Waals surface area (Å²) in [6.45, 7) is 3.74. The number of fused-ring (bicyclic) bond motifs is 1. The molecule has 0 aliphatic rings. The van der Waals surface area contributed by atoms with E-state index in [1.165, 1.54) is 0 Å². The summed E-state index contributed by atoms with van der Waals surface area (Å²) >= 11 is 0. The summed E-state index contributed by atoms with van der Waals surface area (Å²) in [5, 5.41) is 7.52. The predicted octanol–water partition coefficient (Wildman–Crippen LogP) is 3.02. The van der Waals surface area contributed by atoms with Gasteiger partial charge in [-0.3, -0.25) is 9.78 Å². The number of carbonyl (C=O) groups is 1. The molecule has 1 amide bonds. The van der Waals surface area contributed by atoms with Gasteiger partial charge in [0.25, 0.3) is 0 Å². The Balaban J connectivity index is 1.80. The van der Waals surface area contributed by atoms with Crippen molar-refractivity contribution in [2.75, 3.05) is 5.32 Å². The highest BCUT2D eigenvalue weighted by Crippen LogP contribution is 2.17. The molecule has 1 aromatic carbocycles. The van der Waals surface area contributed by atoms with Gasteiger partial charge in [-0.15, -0.1) is 0 Å². The van der Waals surface area contributed by atoms with E-state index in [4.69, 9.17) is 4.52 Å².